The van der Waals surface area contributed by atoms with Crippen molar-refractivity contribution < 1.29 is 19.4 Å². The number of hydrogen-bond acceptors (Lipinski definition) is 3. The molecule has 2 N–H and O–H groups in total. The van der Waals surface area contributed by atoms with E-state index in [2.05, 4.69) is 28.1 Å². The molecule has 6 nitrogen and oxygen atoms in total. The summed E-state index contributed by atoms with van der Waals surface area (Å²) in [6.45, 7) is 1.27. The second kappa shape index (κ2) is 8.19. The van der Waals surface area contributed by atoms with Crippen molar-refractivity contribution in [1.82, 2.24) is 9.88 Å². The fraction of sp³-hybridized carbons (Fsp3) is 0.429. The van der Waals surface area contributed by atoms with Crippen LogP contribution in [0.15, 0.2) is 42.5 Å². The summed E-state index contributed by atoms with van der Waals surface area (Å²) in [5, 5.41) is 13.7. The van der Waals surface area contributed by atoms with Crippen LogP contribution in [0.5, 0.6) is 5.75 Å². The van der Waals surface area contributed by atoms with Gasteiger partial charge in [0.2, 0.25) is 0 Å². The third-order valence-corrected chi connectivity index (χ3v) is 8.06. The molecular formula is C28H30N2O4. The molecule has 34 heavy (non-hydrogen) atoms. The van der Waals surface area contributed by atoms with E-state index in [-0.39, 0.29) is 5.91 Å². The van der Waals surface area contributed by atoms with Gasteiger partial charge in [0.25, 0.3) is 5.91 Å². The standard InChI is InChI=1S/C28H30N2O4/c31-26(29-28(27(32)33)13-6-14-28)19-11-12-20-22(17-19)30-15-16-34-23-10-5-4-9-21(23)25(30)24(20)18-7-2-1-3-8-18/h4-5,9-12,17-18H,1-3,6-8,13-16H2,(H,29,31)(H,32,33). The molecule has 2 heterocycles. The SMILES string of the molecule is O=C(NC1(C(=O)O)CCC1)c1ccc2c(C3CCCCC3)c3n(c2c1)CCOc1ccccc1-3. The van der Waals surface area contributed by atoms with E-state index in [1.54, 1.807) is 0 Å². The van der Waals surface area contributed by atoms with E-state index in [1.807, 2.05) is 24.3 Å². The van der Waals surface area contributed by atoms with E-state index in [0.29, 0.717) is 37.5 Å². The van der Waals surface area contributed by atoms with E-state index in [9.17, 15) is 14.7 Å². The van der Waals surface area contributed by atoms with Gasteiger partial charge in [-0.2, -0.15) is 0 Å². The zero-order valence-corrected chi connectivity index (χ0v) is 19.3. The maximum absolute atomic E-state index is 13.1. The molecule has 6 rings (SSSR count). The molecule has 2 fully saturated rings. The number of nitrogens with zero attached hydrogens (tertiary/aromatic N) is 1. The minimum Gasteiger partial charge on any atom is -0.491 e. The van der Waals surface area contributed by atoms with Gasteiger partial charge in [-0.25, -0.2) is 4.79 Å². The lowest BCUT2D eigenvalue weighted by atomic mass is 9.76. The normalized spacial score (nSPS) is 19.3. The van der Waals surface area contributed by atoms with Crippen molar-refractivity contribution in [3.05, 3.63) is 53.6 Å². The number of carbonyl (C=O) groups is 2. The number of fused-ring (bicyclic) bond motifs is 5. The summed E-state index contributed by atoms with van der Waals surface area (Å²) in [6.07, 6.45) is 7.92. The zero-order valence-electron chi connectivity index (χ0n) is 19.3. The average Bonchev–Trinajstić information content (AvgIpc) is 3.02. The van der Waals surface area contributed by atoms with Gasteiger partial charge in [-0.3, -0.25) is 4.79 Å². The Morgan fingerprint density at radius 3 is 2.56 bits per heavy atom. The van der Waals surface area contributed by atoms with Crippen LogP contribution in [0.3, 0.4) is 0 Å². The Kier molecular flexibility index (Phi) is 5.12. The lowest BCUT2D eigenvalue weighted by molar-refractivity contribution is -0.148. The van der Waals surface area contributed by atoms with Gasteiger partial charge < -0.3 is 19.7 Å². The second-order valence-corrected chi connectivity index (χ2v) is 10.0. The molecule has 0 spiro atoms. The molecule has 0 atom stereocenters. The predicted octanol–water partition coefficient (Wildman–Crippen LogP) is 5.49. The Hall–Kier alpha value is -3.28. The predicted molar refractivity (Wildman–Crippen MR) is 130 cm³/mol. The molecule has 0 saturated heterocycles. The summed E-state index contributed by atoms with van der Waals surface area (Å²) in [4.78, 5) is 24.9. The molecule has 3 aromatic rings. The van der Waals surface area contributed by atoms with Gasteiger partial charge in [-0.1, -0.05) is 37.5 Å². The molecule has 2 aliphatic carbocycles. The summed E-state index contributed by atoms with van der Waals surface area (Å²) < 4.78 is 8.42. The maximum Gasteiger partial charge on any atom is 0.329 e. The topological polar surface area (TPSA) is 80.6 Å². The Labute approximate surface area is 198 Å². The van der Waals surface area contributed by atoms with Crippen molar-refractivity contribution in [3.63, 3.8) is 0 Å². The highest BCUT2D eigenvalue weighted by molar-refractivity contribution is 6.03. The lowest BCUT2D eigenvalue weighted by Gasteiger charge is -2.38. The Balaban J connectivity index is 1.50. The van der Waals surface area contributed by atoms with Gasteiger partial charge in [-0.05, 0) is 67.9 Å². The second-order valence-electron chi connectivity index (χ2n) is 10.0. The number of carboxylic acid groups (broad SMARTS) is 1. The first-order valence-electron chi connectivity index (χ1n) is 12.5. The molecule has 3 aliphatic rings. The number of aromatic nitrogens is 1. The van der Waals surface area contributed by atoms with E-state index >= 15 is 0 Å². The largest absolute Gasteiger partial charge is 0.491 e. The molecule has 2 saturated carbocycles. The van der Waals surface area contributed by atoms with Crippen LogP contribution in [0.4, 0.5) is 0 Å². The Bertz CT molecular complexity index is 1280. The van der Waals surface area contributed by atoms with Crippen LogP contribution >= 0.6 is 0 Å². The fourth-order valence-corrected chi connectivity index (χ4v) is 6.09. The van der Waals surface area contributed by atoms with Crippen molar-refractivity contribution in [2.24, 2.45) is 0 Å². The van der Waals surface area contributed by atoms with Crippen molar-refractivity contribution >= 4 is 22.8 Å². The number of para-hydroxylation sites is 1. The number of carboxylic acids is 1. The first-order chi connectivity index (χ1) is 16.6. The molecule has 1 aliphatic heterocycles. The number of benzene rings is 2. The van der Waals surface area contributed by atoms with Gasteiger partial charge >= 0.3 is 5.97 Å². The van der Waals surface area contributed by atoms with Crippen LogP contribution in [-0.4, -0.2) is 33.7 Å². The number of carbonyl (C=O) groups excluding carboxylic acids is 1. The zero-order chi connectivity index (χ0) is 23.3. The molecule has 0 bridgehead atoms. The summed E-state index contributed by atoms with van der Waals surface area (Å²) in [5.41, 5.74) is 4.12. The van der Waals surface area contributed by atoms with Crippen LogP contribution < -0.4 is 10.1 Å². The molecule has 0 radical (unpaired) electrons. The smallest absolute Gasteiger partial charge is 0.329 e. The van der Waals surface area contributed by atoms with E-state index in [1.165, 1.54) is 48.7 Å². The van der Waals surface area contributed by atoms with Crippen molar-refractivity contribution in [1.29, 1.82) is 0 Å². The van der Waals surface area contributed by atoms with Crippen LogP contribution in [0.1, 0.15) is 73.2 Å². The minimum atomic E-state index is -1.12. The van der Waals surface area contributed by atoms with E-state index in [4.69, 9.17) is 4.74 Å². The van der Waals surface area contributed by atoms with Crippen LogP contribution in [0, 0.1) is 0 Å². The summed E-state index contributed by atoms with van der Waals surface area (Å²) in [6, 6.07) is 14.1. The molecule has 1 amide bonds. The highest BCUT2D eigenvalue weighted by Crippen LogP contribution is 2.47. The van der Waals surface area contributed by atoms with Crippen LogP contribution in [0.2, 0.25) is 0 Å². The highest BCUT2D eigenvalue weighted by atomic mass is 16.5. The molecular weight excluding hydrogens is 428 g/mol. The molecule has 1 aromatic heterocycles. The number of aliphatic carboxylic acids is 1. The Morgan fingerprint density at radius 1 is 1.03 bits per heavy atom. The van der Waals surface area contributed by atoms with Gasteiger partial charge in [0, 0.05) is 22.0 Å². The number of hydrogen-bond donors (Lipinski definition) is 2. The lowest BCUT2D eigenvalue weighted by Crippen LogP contribution is -2.59. The quantitative estimate of drug-likeness (QED) is 0.542. The first kappa shape index (κ1) is 21.3. The number of nitrogens with one attached hydrogen (secondary N) is 1. The van der Waals surface area contributed by atoms with Crippen molar-refractivity contribution in [2.45, 2.75) is 69.4 Å². The van der Waals surface area contributed by atoms with Crippen LogP contribution in [-0.2, 0) is 11.3 Å². The van der Waals surface area contributed by atoms with Crippen LogP contribution in [0.25, 0.3) is 22.2 Å². The van der Waals surface area contributed by atoms with Crippen molar-refractivity contribution in [3.8, 4) is 17.0 Å². The third-order valence-electron chi connectivity index (χ3n) is 8.06. The van der Waals surface area contributed by atoms with E-state index < -0.39 is 11.5 Å². The Morgan fingerprint density at radius 2 is 1.82 bits per heavy atom. The summed E-state index contributed by atoms with van der Waals surface area (Å²) in [7, 11) is 0. The van der Waals surface area contributed by atoms with E-state index in [0.717, 1.165) is 23.3 Å². The molecule has 2 aromatic carbocycles. The minimum absolute atomic E-state index is 0.316. The van der Waals surface area contributed by atoms with Gasteiger partial charge in [0.05, 0.1) is 12.2 Å². The number of amides is 1. The van der Waals surface area contributed by atoms with Gasteiger partial charge in [-0.15, -0.1) is 0 Å². The monoisotopic (exact) mass is 458 g/mol. The van der Waals surface area contributed by atoms with Crippen molar-refractivity contribution in [2.75, 3.05) is 6.61 Å². The fourth-order valence-electron chi connectivity index (χ4n) is 6.09. The highest BCUT2D eigenvalue weighted by Gasteiger charge is 2.45. The first-order valence-corrected chi connectivity index (χ1v) is 12.5. The number of ether oxygens (including phenoxy) is 1. The van der Waals surface area contributed by atoms with Gasteiger partial charge in [0.15, 0.2) is 0 Å². The summed E-state index contributed by atoms with van der Waals surface area (Å²) in [5.74, 6) is 0.137. The number of rotatable bonds is 4. The van der Waals surface area contributed by atoms with Gasteiger partial charge in [0.1, 0.15) is 17.9 Å². The molecule has 6 heteroatoms. The third kappa shape index (κ3) is 3.30. The molecule has 176 valence electrons. The molecule has 0 unspecified atom stereocenters. The summed E-state index contributed by atoms with van der Waals surface area (Å²) >= 11 is 0. The maximum atomic E-state index is 13.1. The average molecular weight is 459 g/mol.